The number of nitrogens with two attached hydrogens (primary N) is 2. The zero-order valence-electron chi connectivity index (χ0n) is 9.77. The van der Waals surface area contributed by atoms with Gasteiger partial charge in [-0.1, -0.05) is 0 Å². The highest BCUT2D eigenvalue weighted by atomic mass is 16.5. The number of ether oxygens (including phenoxy) is 1. The molecule has 0 heterocycles. The molecule has 6 nitrogen and oxygen atoms in total. The quantitative estimate of drug-likeness (QED) is 0.710. The van der Waals surface area contributed by atoms with E-state index in [0.717, 1.165) is 0 Å². The van der Waals surface area contributed by atoms with Crippen molar-refractivity contribution in [2.75, 3.05) is 26.4 Å². The van der Waals surface area contributed by atoms with Gasteiger partial charge in [0.1, 0.15) is 5.75 Å². The van der Waals surface area contributed by atoms with Gasteiger partial charge in [-0.25, -0.2) is 0 Å². The Balaban J connectivity index is 2.92. The molecule has 1 rings (SSSR count). The number of hydrogen-bond donors (Lipinski definition) is 2. The Kier molecular flexibility index (Phi) is 3.92. The average Bonchev–Trinajstić information content (AvgIpc) is 2.27. The molecule has 0 spiro atoms. The van der Waals surface area contributed by atoms with Gasteiger partial charge in [0, 0.05) is 12.6 Å². The van der Waals surface area contributed by atoms with Crippen molar-refractivity contribution in [2.24, 2.45) is 5.73 Å². The van der Waals surface area contributed by atoms with E-state index in [-0.39, 0.29) is 12.5 Å². The van der Waals surface area contributed by atoms with Crippen LogP contribution >= 0.6 is 0 Å². The maximum absolute atomic E-state index is 11.9. The summed E-state index contributed by atoms with van der Waals surface area (Å²) in [6, 6.07) is 4.66. The molecule has 6 heteroatoms. The molecule has 0 fully saturated rings. The highest BCUT2D eigenvalue weighted by molar-refractivity contribution is 5.97. The first-order valence-electron chi connectivity index (χ1n) is 4.93. The Morgan fingerprint density at radius 2 is 2.06 bits per heavy atom. The van der Waals surface area contributed by atoms with E-state index < -0.39 is 5.91 Å². The van der Waals surface area contributed by atoms with Gasteiger partial charge in [-0.3, -0.25) is 9.59 Å². The number of carbonyl (C=O) groups excluding carboxylic acids is 2. The van der Waals surface area contributed by atoms with Crippen LogP contribution in [0.25, 0.3) is 0 Å². The molecule has 0 unspecified atom stereocenters. The average molecular weight is 237 g/mol. The van der Waals surface area contributed by atoms with Crippen molar-refractivity contribution in [1.82, 2.24) is 4.90 Å². The van der Waals surface area contributed by atoms with E-state index >= 15 is 0 Å². The molecule has 0 saturated heterocycles. The lowest BCUT2D eigenvalue weighted by atomic mass is 10.1. The largest absolute Gasteiger partial charge is 0.495 e. The zero-order chi connectivity index (χ0) is 13.0. The summed E-state index contributed by atoms with van der Waals surface area (Å²) in [6.45, 7) is -0.133. The van der Waals surface area contributed by atoms with Gasteiger partial charge in [0.05, 0.1) is 19.3 Å². The maximum atomic E-state index is 11.9. The first-order valence-corrected chi connectivity index (χ1v) is 4.93. The molecule has 0 bridgehead atoms. The lowest BCUT2D eigenvalue weighted by molar-refractivity contribution is -0.118. The van der Waals surface area contributed by atoms with Crippen LogP contribution in [-0.4, -0.2) is 37.4 Å². The predicted octanol–water partition coefficient (Wildman–Crippen LogP) is -0.165. The number of benzene rings is 1. The van der Waals surface area contributed by atoms with Crippen LogP contribution in [0.15, 0.2) is 18.2 Å². The number of anilines is 1. The number of likely N-dealkylation sites (N-methyl/N-ethyl adjacent to an activating group) is 1. The molecule has 0 aliphatic rings. The minimum atomic E-state index is -0.566. The van der Waals surface area contributed by atoms with Crippen molar-refractivity contribution in [1.29, 1.82) is 0 Å². The third kappa shape index (κ3) is 3.10. The third-order valence-corrected chi connectivity index (χ3v) is 2.22. The fourth-order valence-corrected chi connectivity index (χ4v) is 1.37. The number of nitrogens with zero attached hydrogens (tertiary/aromatic N) is 1. The fourth-order valence-electron chi connectivity index (χ4n) is 1.37. The normalized spacial score (nSPS) is 9.76. The molecule has 0 aliphatic heterocycles. The molecule has 0 atom stereocenters. The highest BCUT2D eigenvalue weighted by Crippen LogP contribution is 2.22. The molecule has 4 N–H and O–H groups in total. The molecule has 17 heavy (non-hydrogen) atoms. The number of amides is 2. The van der Waals surface area contributed by atoms with E-state index in [1.807, 2.05) is 0 Å². The lowest BCUT2D eigenvalue weighted by Gasteiger charge is -2.15. The van der Waals surface area contributed by atoms with Gasteiger partial charge in [0.25, 0.3) is 5.91 Å². The summed E-state index contributed by atoms with van der Waals surface area (Å²) in [6.07, 6.45) is 0. The SMILES string of the molecule is COc1cc(C(=O)N(C)CC(N)=O)ccc1N. The Labute approximate surface area is 99.1 Å². The first-order chi connectivity index (χ1) is 7.95. The maximum Gasteiger partial charge on any atom is 0.254 e. The standard InChI is InChI=1S/C11H15N3O3/c1-14(6-10(13)15)11(16)7-3-4-8(12)9(5-7)17-2/h3-5H,6,12H2,1-2H3,(H2,13,15). The van der Waals surface area contributed by atoms with E-state index in [0.29, 0.717) is 17.0 Å². The minimum absolute atomic E-state index is 0.133. The van der Waals surface area contributed by atoms with E-state index in [9.17, 15) is 9.59 Å². The minimum Gasteiger partial charge on any atom is -0.495 e. The molecule has 0 aliphatic carbocycles. The lowest BCUT2D eigenvalue weighted by Crippen LogP contribution is -2.35. The summed E-state index contributed by atoms with van der Waals surface area (Å²) < 4.78 is 5.01. The molecular formula is C11H15N3O3. The molecule has 92 valence electrons. The molecule has 0 saturated carbocycles. The summed E-state index contributed by atoms with van der Waals surface area (Å²) in [4.78, 5) is 23.8. The second kappa shape index (κ2) is 5.20. The van der Waals surface area contributed by atoms with Crippen LogP contribution in [0, 0.1) is 0 Å². The molecule has 2 amide bonds. The van der Waals surface area contributed by atoms with Crippen molar-refractivity contribution in [2.45, 2.75) is 0 Å². The van der Waals surface area contributed by atoms with Crippen LogP contribution in [-0.2, 0) is 4.79 Å². The van der Waals surface area contributed by atoms with Crippen molar-refractivity contribution in [3.63, 3.8) is 0 Å². The summed E-state index contributed by atoms with van der Waals surface area (Å²) in [5, 5.41) is 0. The number of primary amides is 1. The molecule has 1 aromatic rings. The third-order valence-electron chi connectivity index (χ3n) is 2.22. The number of hydrogen-bond acceptors (Lipinski definition) is 4. The van der Waals surface area contributed by atoms with Gasteiger partial charge in [-0.05, 0) is 18.2 Å². The van der Waals surface area contributed by atoms with E-state index in [1.165, 1.54) is 25.1 Å². The summed E-state index contributed by atoms with van der Waals surface area (Å²) >= 11 is 0. The van der Waals surface area contributed by atoms with Gasteiger partial charge in [-0.15, -0.1) is 0 Å². The molecule has 1 aromatic carbocycles. The molecule has 0 aromatic heterocycles. The van der Waals surface area contributed by atoms with Crippen molar-refractivity contribution < 1.29 is 14.3 Å². The van der Waals surface area contributed by atoms with E-state index in [2.05, 4.69) is 0 Å². The topological polar surface area (TPSA) is 98.6 Å². The summed E-state index contributed by atoms with van der Waals surface area (Å²) in [5.74, 6) is -0.464. The Bertz CT molecular complexity index is 446. The van der Waals surface area contributed by atoms with Gasteiger partial charge >= 0.3 is 0 Å². The van der Waals surface area contributed by atoms with E-state index in [4.69, 9.17) is 16.2 Å². The van der Waals surface area contributed by atoms with Crippen LogP contribution < -0.4 is 16.2 Å². The fraction of sp³-hybridized carbons (Fsp3) is 0.273. The van der Waals surface area contributed by atoms with Crippen LogP contribution in [0.2, 0.25) is 0 Å². The monoisotopic (exact) mass is 237 g/mol. The van der Waals surface area contributed by atoms with E-state index in [1.54, 1.807) is 12.1 Å². The smallest absolute Gasteiger partial charge is 0.254 e. The summed E-state index contributed by atoms with van der Waals surface area (Å²) in [5.41, 5.74) is 11.5. The van der Waals surface area contributed by atoms with Crippen LogP contribution in [0.4, 0.5) is 5.69 Å². The number of carbonyl (C=O) groups is 2. The molecule has 0 radical (unpaired) electrons. The van der Waals surface area contributed by atoms with Gasteiger partial charge in [0.15, 0.2) is 0 Å². The highest BCUT2D eigenvalue weighted by Gasteiger charge is 2.14. The van der Waals surface area contributed by atoms with Crippen LogP contribution in [0.5, 0.6) is 5.75 Å². The number of nitrogen functional groups attached to an aromatic ring is 1. The number of rotatable bonds is 4. The van der Waals surface area contributed by atoms with Gasteiger partial charge < -0.3 is 21.1 Å². The van der Waals surface area contributed by atoms with Crippen molar-refractivity contribution in [3.05, 3.63) is 23.8 Å². The Morgan fingerprint density at radius 1 is 1.41 bits per heavy atom. The Morgan fingerprint density at radius 3 is 2.59 bits per heavy atom. The van der Waals surface area contributed by atoms with Crippen LogP contribution in [0.1, 0.15) is 10.4 Å². The zero-order valence-corrected chi connectivity index (χ0v) is 9.77. The summed E-state index contributed by atoms with van der Waals surface area (Å²) in [7, 11) is 2.96. The van der Waals surface area contributed by atoms with Gasteiger partial charge in [0.2, 0.25) is 5.91 Å². The Hall–Kier alpha value is -2.24. The predicted molar refractivity (Wildman–Crippen MR) is 63.6 cm³/mol. The molecular weight excluding hydrogens is 222 g/mol. The first kappa shape index (κ1) is 12.8. The van der Waals surface area contributed by atoms with Crippen LogP contribution in [0.3, 0.4) is 0 Å². The number of methoxy groups -OCH3 is 1. The van der Waals surface area contributed by atoms with Crippen molar-refractivity contribution >= 4 is 17.5 Å². The van der Waals surface area contributed by atoms with Gasteiger partial charge in [-0.2, -0.15) is 0 Å². The second-order valence-corrected chi connectivity index (χ2v) is 3.58. The second-order valence-electron chi connectivity index (χ2n) is 3.58. The van der Waals surface area contributed by atoms with Crippen molar-refractivity contribution in [3.8, 4) is 5.75 Å².